The van der Waals surface area contributed by atoms with Crippen molar-refractivity contribution in [2.75, 3.05) is 13.2 Å². The van der Waals surface area contributed by atoms with Crippen LogP contribution in [0.5, 0.6) is 0 Å². The molecule has 0 aromatic carbocycles. The van der Waals surface area contributed by atoms with Crippen LogP contribution in [0, 0.1) is 0 Å². The van der Waals surface area contributed by atoms with Gasteiger partial charge in [0, 0.05) is 0 Å². The van der Waals surface area contributed by atoms with E-state index in [9.17, 15) is 0 Å². The van der Waals surface area contributed by atoms with Gasteiger partial charge in [0.1, 0.15) is 0 Å². The normalized spacial score (nSPS) is 15.5. The van der Waals surface area contributed by atoms with E-state index in [-0.39, 0.29) is 6.61 Å². The van der Waals surface area contributed by atoms with Crippen LogP contribution in [0.25, 0.3) is 0 Å². The second-order valence-corrected chi connectivity index (χ2v) is 2.70. The highest BCUT2D eigenvalue weighted by atomic mass is 16.5. The first kappa shape index (κ1) is 10.4. The molecule has 0 aromatic rings. The summed E-state index contributed by atoms with van der Waals surface area (Å²) in [5.41, 5.74) is -0.490. The molecule has 0 saturated heterocycles. The molecule has 0 fully saturated rings. The van der Waals surface area contributed by atoms with Gasteiger partial charge in [0.2, 0.25) is 0 Å². The van der Waals surface area contributed by atoms with E-state index < -0.39 is 5.60 Å². The second-order valence-electron chi connectivity index (χ2n) is 2.70. The first-order valence-electron chi connectivity index (χ1n) is 3.65. The molecule has 1 unspecified atom stereocenters. The third-order valence-electron chi connectivity index (χ3n) is 1.46. The topological polar surface area (TPSA) is 29.5 Å². The highest BCUT2D eigenvalue weighted by Crippen LogP contribution is 2.14. The summed E-state index contributed by atoms with van der Waals surface area (Å²) in [6.07, 6.45) is 4.05. The number of hydrogen-bond donors (Lipinski definition) is 1. The molecule has 1 atom stereocenters. The third-order valence-corrected chi connectivity index (χ3v) is 1.46. The van der Waals surface area contributed by atoms with Crippen LogP contribution in [0.2, 0.25) is 0 Å². The molecule has 0 spiro atoms. The molecule has 0 amide bonds. The van der Waals surface area contributed by atoms with Gasteiger partial charge < -0.3 is 9.84 Å². The van der Waals surface area contributed by atoms with Gasteiger partial charge in [-0.15, -0.1) is 13.2 Å². The van der Waals surface area contributed by atoms with Crippen molar-refractivity contribution < 1.29 is 9.84 Å². The number of ether oxygens (including phenoxy) is 1. The van der Waals surface area contributed by atoms with Crippen LogP contribution in [-0.2, 0) is 4.74 Å². The molecule has 0 aliphatic carbocycles. The molecular formula is C9H16O2. The molecule has 2 heteroatoms. The molecule has 0 saturated carbocycles. The lowest BCUT2D eigenvalue weighted by atomic mass is 10.0. The Bertz CT molecular complexity index is 132. The second kappa shape index (κ2) is 5.10. The van der Waals surface area contributed by atoms with Crippen molar-refractivity contribution in [2.24, 2.45) is 0 Å². The van der Waals surface area contributed by atoms with Gasteiger partial charge in [0.15, 0.2) is 0 Å². The average molecular weight is 156 g/mol. The maximum Gasteiger partial charge on any atom is 0.0922 e. The summed E-state index contributed by atoms with van der Waals surface area (Å²) in [5.74, 6) is 0. The van der Waals surface area contributed by atoms with Gasteiger partial charge in [-0.2, -0.15) is 0 Å². The Morgan fingerprint density at radius 2 is 2.09 bits per heavy atom. The molecular weight excluding hydrogens is 140 g/mol. The van der Waals surface area contributed by atoms with Crippen LogP contribution in [-0.4, -0.2) is 23.9 Å². The van der Waals surface area contributed by atoms with Crippen LogP contribution in [0.15, 0.2) is 25.3 Å². The fourth-order valence-electron chi connectivity index (χ4n) is 0.735. The largest absolute Gasteiger partial charge is 0.393 e. The van der Waals surface area contributed by atoms with Crippen molar-refractivity contribution >= 4 is 0 Å². The maximum absolute atomic E-state index is 8.94. The first-order valence-corrected chi connectivity index (χ1v) is 3.65. The Balaban J connectivity index is 3.86. The summed E-state index contributed by atoms with van der Waals surface area (Å²) >= 11 is 0. The summed E-state index contributed by atoms with van der Waals surface area (Å²) < 4.78 is 5.33. The van der Waals surface area contributed by atoms with E-state index in [1.165, 1.54) is 0 Å². The predicted octanol–water partition coefficient (Wildman–Crippen LogP) is 1.52. The zero-order valence-electron chi connectivity index (χ0n) is 7.05. The molecule has 1 N–H and O–H groups in total. The van der Waals surface area contributed by atoms with E-state index in [0.29, 0.717) is 13.0 Å². The molecule has 0 heterocycles. The Kier molecular flexibility index (Phi) is 4.83. The van der Waals surface area contributed by atoms with E-state index in [1.54, 1.807) is 12.2 Å². The molecule has 2 nitrogen and oxygen atoms in total. The maximum atomic E-state index is 8.94. The Labute approximate surface area is 68.2 Å². The van der Waals surface area contributed by atoms with Crippen molar-refractivity contribution in [3.8, 4) is 0 Å². The lowest BCUT2D eigenvalue weighted by molar-refractivity contribution is -0.0521. The average Bonchev–Trinajstić information content (AvgIpc) is 2.02. The Hall–Kier alpha value is -0.600. The van der Waals surface area contributed by atoms with Crippen molar-refractivity contribution in [3.05, 3.63) is 25.3 Å². The predicted molar refractivity (Wildman–Crippen MR) is 46.5 cm³/mol. The minimum atomic E-state index is -0.490. The molecule has 0 aromatic heterocycles. The lowest BCUT2D eigenvalue weighted by Gasteiger charge is -2.25. The van der Waals surface area contributed by atoms with Crippen LogP contribution in [0.1, 0.15) is 13.3 Å². The standard InChI is InChI=1S/C9H16O2/c1-4-6-9(3,8-10)11-7-5-2/h4-5,10H,1-2,6-8H2,3H3. The van der Waals surface area contributed by atoms with Crippen LogP contribution in [0.4, 0.5) is 0 Å². The van der Waals surface area contributed by atoms with Crippen molar-refractivity contribution in [3.63, 3.8) is 0 Å². The summed E-state index contributed by atoms with van der Waals surface area (Å²) in [7, 11) is 0. The molecule has 11 heavy (non-hydrogen) atoms. The van der Waals surface area contributed by atoms with Gasteiger partial charge in [-0.1, -0.05) is 12.2 Å². The molecule has 0 aliphatic rings. The van der Waals surface area contributed by atoms with Gasteiger partial charge in [-0.25, -0.2) is 0 Å². The number of aliphatic hydroxyl groups is 1. The van der Waals surface area contributed by atoms with Gasteiger partial charge in [-0.05, 0) is 13.3 Å². The van der Waals surface area contributed by atoms with Crippen molar-refractivity contribution in [1.29, 1.82) is 0 Å². The highest BCUT2D eigenvalue weighted by molar-refractivity contribution is 4.85. The summed E-state index contributed by atoms with van der Waals surface area (Å²) in [6.45, 7) is 9.43. The molecule has 0 bridgehead atoms. The van der Waals surface area contributed by atoms with Crippen LogP contribution in [0.3, 0.4) is 0 Å². The summed E-state index contributed by atoms with van der Waals surface area (Å²) in [4.78, 5) is 0. The van der Waals surface area contributed by atoms with Crippen molar-refractivity contribution in [2.45, 2.75) is 18.9 Å². The Morgan fingerprint density at radius 3 is 2.45 bits per heavy atom. The van der Waals surface area contributed by atoms with Crippen molar-refractivity contribution in [1.82, 2.24) is 0 Å². The molecule has 64 valence electrons. The first-order chi connectivity index (χ1) is 5.18. The van der Waals surface area contributed by atoms with Crippen LogP contribution < -0.4 is 0 Å². The molecule has 0 radical (unpaired) electrons. The van der Waals surface area contributed by atoms with Gasteiger partial charge in [-0.3, -0.25) is 0 Å². The van der Waals surface area contributed by atoms with E-state index in [1.807, 2.05) is 6.92 Å². The zero-order valence-corrected chi connectivity index (χ0v) is 7.05. The van der Waals surface area contributed by atoms with Gasteiger partial charge in [0.25, 0.3) is 0 Å². The van der Waals surface area contributed by atoms with Crippen LogP contribution >= 0.6 is 0 Å². The minimum absolute atomic E-state index is 0.00681. The monoisotopic (exact) mass is 156 g/mol. The smallest absolute Gasteiger partial charge is 0.0922 e. The summed E-state index contributed by atoms with van der Waals surface area (Å²) in [5, 5.41) is 8.94. The van der Waals surface area contributed by atoms with E-state index in [2.05, 4.69) is 13.2 Å². The SMILES string of the molecule is C=CCOC(C)(CO)CC=C. The lowest BCUT2D eigenvalue weighted by Crippen LogP contribution is -2.32. The quantitative estimate of drug-likeness (QED) is 0.591. The number of rotatable bonds is 6. The molecule has 0 aliphatic heterocycles. The summed E-state index contributed by atoms with van der Waals surface area (Å²) in [6, 6.07) is 0. The number of aliphatic hydroxyl groups excluding tert-OH is 1. The van der Waals surface area contributed by atoms with E-state index in [0.717, 1.165) is 0 Å². The fourth-order valence-corrected chi connectivity index (χ4v) is 0.735. The van der Waals surface area contributed by atoms with E-state index in [4.69, 9.17) is 9.84 Å². The number of hydrogen-bond acceptors (Lipinski definition) is 2. The Morgan fingerprint density at radius 1 is 1.45 bits per heavy atom. The highest BCUT2D eigenvalue weighted by Gasteiger charge is 2.21. The van der Waals surface area contributed by atoms with E-state index >= 15 is 0 Å². The third kappa shape index (κ3) is 3.96. The van der Waals surface area contributed by atoms with Gasteiger partial charge in [0.05, 0.1) is 18.8 Å². The minimum Gasteiger partial charge on any atom is -0.393 e. The fraction of sp³-hybridized carbons (Fsp3) is 0.556. The molecule has 0 rings (SSSR count). The van der Waals surface area contributed by atoms with Gasteiger partial charge >= 0.3 is 0 Å². The zero-order chi connectivity index (χ0) is 8.74.